The molecule has 0 aliphatic rings. The van der Waals surface area contributed by atoms with Gasteiger partial charge in [0.1, 0.15) is 0 Å². The Bertz CT molecular complexity index is 155. The van der Waals surface area contributed by atoms with E-state index in [0.29, 0.717) is 12.5 Å². The molecule has 0 amide bonds. The third kappa shape index (κ3) is 5.97. The molecule has 0 fully saturated rings. The second-order valence-corrected chi connectivity index (χ2v) is 3.80. The predicted octanol–water partition coefficient (Wildman–Crippen LogP) is 2.36. The van der Waals surface area contributed by atoms with Crippen LogP contribution in [-0.4, -0.2) is 35.6 Å². The van der Waals surface area contributed by atoms with Gasteiger partial charge in [-0.3, -0.25) is 4.79 Å². The van der Waals surface area contributed by atoms with E-state index in [0.717, 1.165) is 19.4 Å². The van der Waals surface area contributed by atoms with Gasteiger partial charge in [-0.15, -0.1) is 0 Å². The van der Waals surface area contributed by atoms with Crippen LogP contribution in [0.15, 0.2) is 0 Å². The lowest BCUT2D eigenvalue weighted by atomic mass is 10.1. The topological polar surface area (TPSA) is 40.5 Å². The van der Waals surface area contributed by atoms with E-state index in [2.05, 4.69) is 25.8 Å². The second kappa shape index (κ2) is 7.80. The molecule has 84 valence electrons. The van der Waals surface area contributed by atoms with Crippen molar-refractivity contribution in [3.63, 3.8) is 0 Å². The van der Waals surface area contributed by atoms with Crippen LogP contribution in [0.5, 0.6) is 0 Å². The van der Waals surface area contributed by atoms with Crippen molar-refractivity contribution in [2.24, 2.45) is 0 Å². The summed E-state index contributed by atoms with van der Waals surface area (Å²) >= 11 is 0. The van der Waals surface area contributed by atoms with Crippen molar-refractivity contribution in [2.75, 3.05) is 13.6 Å². The fourth-order valence-corrected chi connectivity index (χ4v) is 1.73. The van der Waals surface area contributed by atoms with Gasteiger partial charge in [0.2, 0.25) is 0 Å². The molecule has 0 unspecified atom stereocenters. The van der Waals surface area contributed by atoms with Gasteiger partial charge >= 0.3 is 5.97 Å². The average Bonchev–Trinajstić information content (AvgIpc) is 2.14. The number of unbranched alkanes of at least 4 members (excludes halogenated alkanes) is 1. The van der Waals surface area contributed by atoms with Gasteiger partial charge in [0.25, 0.3) is 0 Å². The molecule has 0 bridgehead atoms. The summed E-state index contributed by atoms with van der Waals surface area (Å²) in [5.41, 5.74) is 0. The van der Waals surface area contributed by atoms with Gasteiger partial charge in [-0.2, -0.15) is 0 Å². The Kier molecular flexibility index (Phi) is 7.48. The zero-order chi connectivity index (χ0) is 11.0. The molecule has 0 aromatic rings. The summed E-state index contributed by atoms with van der Waals surface area (Å²) in [4.78, 5) is 12.6. The molecule has 0 aliphatic heterocycles. The zero-order valence-electron chi connectivity index (χ0n) is 9.62. The molecule has 0 atom stereocenters. The van der Waals surface area contributed by atoms with Crippen LogP contribution >= 0.6 is 0 Å². The van der Waals surface area contributed by atoms with Crippen molar-refractivity contribution < 1.29 is 9.90 Å². The second-order valence-electron chi connectivity index (χ2n) is 3.80. The van der Waals surface area contributed by atoms with Crippen LogP contribution in [0.1, 0.15) is 46.0 Å². The normalized spacial score (nSPS) is 11.2. The highest BCUT2D eigenvalue weighted by Crippen LogP contribution is 2.07. The Morgan fingerprint density at radius 3 is 2.29 bits per heavy atom. The number of nitrogens with zero attached hydrogens (tertiary/aromatic N) is 1. The van der Waals surface area contributed by atoms with Crippen molar-refractivity contribution in [3.8, 4) is 0 Å². The largest absolute Gasteiger partial charge is 0.481 e. The van der Waals surface area contributed by atoms with E-state index in [9.17, 15) is 4.79 Å². The van der Waals surface area contributed by atoms with Crippen molar-refractivity contribution in [3.05, 3.63) is 0 Å². The summed E-state index contributed by atoms with van der Waals surface area (Å²) in [6.45, 7) is 5.41. The van der Waals surface area contributed by atoms with Crippen LogP contribution in [0.2, 0.25) is 0 Å². The quantitative estimate of drug-likeness (QED) is 0.613. The van der Waals surface area contributed by atoms with Gasteiger partial charge in [-0.1, -0.05) is 13.8 Å². The number of hydrogen-bond donors (Lipinski definition) is 1. The first-order valence-electron chi connectivity index (χ1n) is 5.53. The molecule has 14 heavy (non-hydrogen) atoms. The zero-order valence-corrected chi connectivity index (χ0v) is 9.62. The molecule has 3 heteroatoms. The van der Waals surface area contributed by atoms with Crippen molar-refractivity contribution in [1.29, 1.82) is 0 Å². The lowest BCUT2D eigenvalue weighted by molar-refractivity contribution is -0.137. The van der Waals surface area contributed by atoms with Crippen molar-refractivity contribution >= 4 is 5.97 Å². The minimum atomic E-state index is -0.685. The summed E-state index contributed by atoms with van der Waals surface area (Å²) in [7, 11) is 2.12. The molecule has 3 nitrogen and oxygen atoms in total. The Morgan fingerprint density at radius 1 is 1.29 bits per heavy atom. The molecule has 0 rings (SSSR count). The van der Waals surface area contributed by atoms with E-state index in [1.165, 1.54) is 12.8 Å². The van der Waals surface area contributed by atoms with Gasteiger partial charge in [0.15, 0.2) is 0 Å². The number of carboxylic acids is 1. The lowest BCUT2D eigenvalue weighted by Gasteiger charge is -2.25. The SMILES string of the molecule is CCC(CC)N(C)CCCCC(=O)O. The van der Waals surface area contributed by atoms with Gasteiger partial charge in [-0.25, -0.2) is 0 Å². The molecule has 0 aliphatic carbocycles. The molecule has 0 heterocycles. The van der Waals surface area contributed by atoms with Crippen LogP contribution in [0.25, 0.3) is 0 Å². The van der Waals surface area contributed by atoms with E-state index in [4.69, 9.17) is 5.11 Å². The number of carboxylic acid groups (broad SMARTS) is 1. The highest BCUT2D eigenvalue weighted by Gasteiger charge is 2.09. The number of carbonyl (C=O) groups is 1. The van der Waals surface area contributed by atoms with E-state index in [1.54, 1.807) is 0 Å². The van der Waals surface area contributed by atoms with E-state index in [-0.39, 0.29) is 0 Å². The molecular formula is C11H23NO2. The maximum Gasteiger partial charge on any atom is 0.303 e. The van der Waals surface area contributed by atoms with E-state index in [1.807, 2.05) is 0 Å². The smallest absolute Gasteiger partial charge is 0.303 e. The summed E-state index contributed by atoms with van der Waals surface area (Å²) in [6.07, 6.45) is 4.42. The summed E-state index contributed by atoms with van der Waals surface area (Å²) < 4.78 is 0. The molecule has 0 saturated carbocycles. The molecule has 0 saturated heterocycles. The number of hydrogen-bond acceptors (Lipinski definition) is 2. The van der Waals surface area contributed by atoms with Crippen LogP contribution in [0.3, 0.4) is 0 Å². The van der Waals surface area contributed by atoms with Gasteiger partial charge in [0, 0.05) is 12.5 Å². The maximum absolute atomic E-state index is 10.3. The summed E-state index contributed by atoms with van der Waals surface area (Å²) in [6, 6.07) is 0.653. The predicted molar refractivity (Wildman–Crippen MR) is 58.5 cm³/mol. The third-order valence-corrected chi connectivity index (χ3v) is 2.72. The first kappa shape index (κ1) is 13.4. The highest BCUT2D eigenvalue weighted by atomic mass is 16.4. The molecular weight excluding hydrogens is 178 g/mol. The van der Waals surface area contributed by atoms with Gasteiger partial charge in [0.05, 0.1) is 0 Å². The van der Waals surface area contributed by atoms with E-state index < -0.39 is 5.97 Å². The Balaban J connectivity index is 3.51. The average molecular weight is 201 g/mol. The van der Waals surface area contributed by atoms with E-state index >= 15 is 0 Å². The van der Waals surface area contributed by atoms with Gasteiger partial charge < -0.3 is 10.0 Å². The fourth-order valence-electron chi connectivity index (χ4n) is 1.73. The monoisotopic (exact) mass is 201 g/mol. The van der Waals surface area contributed by atoms with Crippen LogP contribution in [-0.2, 0) is 4.79 Å². The van der Waals surface area contributed by atoms with Crippen LogP contribution < -0.4 is 0 Å². The van der Waals surface area contributed by atoms with Crippen molar-refractivity contribution in [2.45, 2.75) is 52.0 Å². The van der Waals surface area contributed by atoms with Crippen molar-refractivity contribution in [1.82, 2.24) is 4.90 Å². The molecule has 0 radical (unpaired) electrons. The van der Waals surface area contributed by atoms with Crippen LogP contribution in [0.4, 0.5) is 0 Å². The summed E-state index contributed by atoms with van der Waals surface area (Å²) in [5.74, 6) is -0.685. The first-order valence-corrected chi connectivity index (χ1v) is 5.53. The standard InChI is InChI=1S/C11H23NO2/c1-4-10(5-2)12(3)9-7-6-8-11(13)14/h10H,4-9H2,1-3H3,(H,13,14). The molecule has 0 aromatic carbocycles. The third-order valence-electron chi connectivity index (χ3n) is 2.72. The number of aliphatic carboxylic acids is 1. The highest BCUT2D eigenvalue weighted by molar-refractivity contribution is 5.66. The Hall–Kier alpha value is -0.570. The lowest BCUT2D eigenvalue weighted by Crippen LogP contribution is -2.31. The summed E-state index contributed by atoms with van der Waals surface area (Å²) in [5, 5.41) is 8.47. The minimum Gasteiger partial charge on any atom is -0.481 e. The maximum atomic E-state index is 10.3. The first-order chi connectivity index (χ1) is 6.61. The van der Waals surface area contributed by atoms with Crippen LogP contribution in [0, 0.1) is 0 Å². The molecule has 1 N–H and O–H groups in total. The fraction of sp³-hybridized carbons (Fsp3) is 0.909. The minimum absolute atomic E-state index is 0.302. The van der Waals surface area contributed by atoms with Gasteiger partial charge in [-0.05, 0) is 39.3 Å². The Labute approximate surface area is 87.1 Å². The molecule has 0 spiro atoms. The number of rotatable bonds is 8. The Morgan fingerprint density at radius 2 is 1.86 bits per heavy atom. The molecule has 0 aromatic heterocycles.